The van der Waals surface area contributed by atoms with Crippen molar-refractivity contribution >= 4 is 70.7 Å². The molecule has 6 rings (SSSR count). The molecular weight excluding hydrogens is 499 g/mol. The van der Waals surface area contributed by atoms with Gasteiger partial charge in [0.1, 0.15) is 10.6 Å². The zero-order valence-electron chi connectivity index (χ0n) is 18.0. The minimum Gasteiger partial charge on any atom is -0.506 e. The lowest BCUT2D eigenvalue weighted by atomic mass is 10.1. The molecule has 4 aromatic carbocycles. The first-order valence-corrected chi connectivity index (χ1v) is 13.8. The van der Waals surface area contributed by atoms with Gasteiger partial charge in [0.25, 0.3) is 10.0 Å². The number of nitrogens with zero attached hydrogens (tertiary/aromatic N) is 2. The number of aromatic nitrogens is 2. The lowest BCUT2D eigenvalue weighted by molar-refractivity contribution is 0.469. The Morgan fingerprint density at radius 1 is 0.886 bits per heavy atom. The molecule has 2 N–H and O–H groups in total. The molecule has 0 amide bonds. The topological polar surface area (TPSA) is 92.2 Å². The molecule has 0 aliphatic carbocycles. The van der Waals surface area contributed by atoms with Crippen molar-refractivity contribution in [2.75, 3.05) is 4.72 Å². The molecule has 0 radical (unpaired) electrons. The summed E-state index contributed by atoms with van der Waals surface area (Å²) >= 11 is 2.82. The first-order valence-electron chi connectivity index (χ1n) is 10.6. The number of hydrogen-bond donors (Lipinski definition) is 2. The van der Waals surface area contributed by atoms with Gasteiger partial charge >= 0.3 is 0 Å². The largest absolute Gasteiger partial charge is 0.506 e. The first kappa shape index (κ1) is 21.8. The average Bonchev–Trinajstić information content (AvgIpc) is 3.29. The quantitative estimate of drug-likeness (QED) is 0.250. The summed E-state index contributed by atoms with van der Waals surface area (Å²) in [4.78, 5) is 9.53. The van der Waals surface area contributed by atoms with E-state index >= 15 is 0 Å². The Morgan fingerprint density at radius 2 is 1.66 bits per heavy atom. The summed E-state index contributed by atoms with van der Waals surface area (Å²) in [6, 6.07) is 25.3. The van der Waals surface area contributed by atoms with E-state index < -0.39 is 10.0 Å². The molecule has 0 spiro atoms. The standard InChI is InChI=1S/C26H17N3O3S3/c30-25-18-10-2-1-9-17(18)20(15-22(25)34-26-28-19-11-3-4-12-21(19)33-26)29-35(31,32)23-13-5-7-16-8-6-14-27-24(16)23/h1-15,29-30H. The van der Waals surface area contributed by atoms with E-state index in [2.05, 4.69) is 14.7 Å². The first-order chi connectivity index (χ1) is 17.0. The fraction of sp³-hybridized carbons (Fsp3) is 0. The van der Waals surface area contributed by atoms with Crippen LogP contribution in [0.25, 0.3) is 31.9 Å². The number of thiazole rings is 1. The van der Waals surface area contributed by atoms with Crippen LogP contribution in [-0.4, -0.2) is 23.5 Å². The van der Waals surface area contributed by atoms with Crippen molar-refractivity contribution in [2.24, 2.45) is 0 Å². The van der Waals surface area contributed by atoms with E-state index in [0.29, 0.717) is 26.9 Å². The van der Waals surface area contributed by atoms with Crippen LogP contribution >= 0.6 is 23.1 Å². The van der Waals surface area contributed by atoms with Gasteiger partial charge in [0, 0.05) is 22.4 Å². The predicted molar refractivity (Wildman–Crippen MR) is 142 cm³/mol. The zero-order valence-corrected chi connectivity index (χ0v) is 20.5. The monoisotopic (exact) mass is 515 g/mol. The van der Waals surface area contributed by atoms with E-state index in [1.54, 1.807) is 48.7 Å². The molecule has 2 aromatic heterocycles. The van der Waals surface area contributed by atoms with Crippen molar-refractivity contribution in [1.82, 2.24) is 9.97 Å². The van der Waals surface area contributed by atoms with E-state index in [1.165, 1.54) is 29.2 Å². The maximum Gasteiger partial charge on any atom is 0.264 e. The molecule has 0 bridgehead atoms. The Morgan fingerprint density at radius 3 is 2.51 bits per heavy atom. The van der Waals surface area contributed by atoms with E-state index in [0.717, 1.165) is 19.9 Å². The smallest absolute Gasteiger partial charge is 0.264 e. The summed E-state index contributed by atoms with van der Waals surface area (Å²) in [5.74, 6) is 0.0830. The second kappa shape index (κ2) is 8.53. The van der Waals surface area contributed by atoms with Gasteiger partial charge in [-0.15, -0.1) is 11.3 Å². The van der Waals surface area contributed by atoms with Crippen molar-refractivity contribution in [3.63, 3.8) is 0 Å². The Balaban J connectivity index is 1.46. The number of sulfonamides is 1. The number of benzene rings is 4. The third-order valence-electron chi connectivity index (χ3n) is 5.58. The average molecular weight is 516 g/mol. The highest BCUT2D eigenvalue weighted by atomic mass is 32.2. The third-order valence-corrected chi connectivity index (χ3v) is 9.11. The Hall–Kier alpha value is -3.66. The number of pyridine rings is 1. The molecule has 0 unspecified atom stereocenters. The van der Waals surface area contributed by atoms with Crippen molar-refractivity contribution in [2.45, 2.75) is 14.1 Å². The summed E-state index contributed by atoms with van der Waals surface area (Å²) in [5, 5.41) is 12.9. The number of rotatable bonds is 5. The van der Waals surface area contributed by atoms with Crippen LogP contribution in [0.4, 0.5) is 5.69 Å². The van der Waals surface area contributed by atoms with Gasteiger partial charge in [-0.1, -0.05) is 66.4 Å². The highest BCUT2D eigenvalue weighted by Gasteiger charge is 2.22. The molecule has 2 heterocycles. The molecule has 6 nitrogen and oxygen atoms in total. The normalized spacial score (nSPS) is 11.9. The van der Waals surface area contributed by atoms with Crippen LogP contribution in [-0.2, 0) is 10.0 Å². The van der Waals surface area contributed by atoms with Crippen molar-refractivity contribution < 1.29 is 13.5 Å². The van der Waals surface area contributed by atoms with Gasteiger partial charge in [-0.2, -0.15) is 0 Å². The lowest BCUT2D eigenvalue weighted by Gasteiger charge is -2.15. The maximum absolute atomic E-state index is 13.5. The van der Waals surface area contributed by atoms with Crippen LogP contribution in [0.5, 0.6) is 5.75 Å². The predicted octanol–water partition coefficient (Wildman–Crippen LogP) is 6.66. The van der Waals surface area contributed by atoms with Crippen LogP contribution in [0, 0.1) is 0 Å². The van der Waals surface area contributed by atoms with Gasteiger partial charge < -0.3 is 5.11 Å². The fourth-order valence-corrected chi connectivity index (χ4v) is 7.35. The molecule has 0 aliphatic rings. The van der Waals surface area contributed by atoms with Crippen LogP contribution in [0.2, 0.25) is 0 Å². The number of phenols is 1. The van der Waals surface area contributed by atoms with Crippen LogP contribution in [0.15, 0.2) is 105 Å². The summed E-state index contributed by atoms with van der Waals surface area (Å²) in [7, 11) is -3.97. The number of fused-ring (bicyclic) bond motifs is 3. The minimum absolute atomic E-state index is 0.0830. The van der Waals surface area contributed by atoms with Gasteiger partial charge in [-0.3, -0.25) is 9.71 Å². The highest BCUT2D eigenvalue weighted by Crippen LogP contribution is 2.44. The van der Waals surface area contributed by atoms with E-state index in [1.807, 2.05) is 36.4 Å². The summed E-state index contributed by atoms with van der Waals surface area (Å²) in [6.45, 7) is 0. The fourth-order valence-electron chi connectivity index (χ4n) is 3.98. The number of para-hydroxylation sites is 2. The number of aromatic hydroxyl groups is 1. The van der Waals surface area contributed by atoms with Crippen LogP contribution in [0.1, 0.15) is 0 Å². The minimum atomic E-state index is -3.97. The Bertz CT molecular complexity index is 1810. The SMILES string of the molecule is O=S(=O)(Nc1cc(Sc2nc3ccccc3s2)c(O)c2ccccc12)c1cccc2cccnc12. The molecule has 0 aliphatic heterocycles. The molecule has 0 atom stereocenters. The number of hydrogen-bond acceptors (Lipinski definition) is 7. The summed E-state index contributed by atoms with van der Waals surface area (Å²) in [5.41, 5.74) is 1.65. The van der Waals surface area contributed by atoms with Gasteiger partial charge in [0.15, 0.2) is 4.34 Å². The number of phenolic OH excluding ortho intramolecular Hbond substituents is 1. The molecule has 9 heteroatoms. The Labute approximate surface area is 209 Å². The van der Waals surface area contributed by atoms with Crippen LogP contribution < -0.4 is 4.72 Å². The van der Waals surface area contributed by atoms with E-state index in [9.17, 15) is 13.5 Å². The van der Waals surface area contributed by atoms with Crippen molar-refractivity contribution in [3.05, 3.63) is 91.1 Å². The van der Waals surface area contributed by atoms with Gasteiger partial charge in [-0.25, -0.2) is 13.4 Å². The molecule has 0 fully saturated rings. The summed E-state index contributed by atoms with van der Waals surface area (Å²) in [6.07, 6.45) is 1.57. The lowest BCUT2D eigenvalue weighted by Crippen LogP contribution is -2.14. The van der Waals surface area contributed by atoms with E-state index in [-0.39, 0.29) is 10.6 Å². The van der Waals surface area contributed by atoms with Crippen LogP contribution in [0.3, 0.4) is 0 Å². The van der Waals surface area contributed by atoms with Crippen molar-refractivity contribution in [3.8, 4) is 5.75 Å². The van der Waals surface area contributed by atoms with Gasteiger partial charge in [0.2, 0.25) is 0 Å². The number of anilines is 1. The van der Waals surface area contributed by atoms with Crippen molar-refractivity contribution in [1.29, 1.82) is 0 Å². The molecule has 0 saturated carbocycles. The second-order valence-corrected chi connectivity index (χ2v) is 11.8. The molecular formula is C26H17N3O3S3. The molecule has 6 aromatic rings. The summed E-state index contributed by atoms with van der Waals surface area (Å²) < 4.78 is 31.5. The maximum atomic E-state index is 13.5. The molecule has 0 saturated heterocycles. The zero-order chi connectivity index (χ0) is 24.0. The molecule has 35 heavy (non-hydrogen) atoms. The second-order valence-electron chi connectivity index (χ2n) is 7.80. The Kier molecular flexibility index (Phi) is 5.32. The third kappa shape index (κ3) is 3.97. The molecule has 172 valence electrons. The highest BCUT2D eigenvalue weighted by molar-refractivity contribution is 8.01. The van der Waals surface area contributed by atoms with Gasteiger partial charge in [0.05, 0.1) is 26.3 Å². The number of nitrogens with one attached hydrogen (secondary N) is 1. The van der Waals surface area contributed by atoms with E-state index in [4.69, 9.17) is 0 Å². The van der Waals surface area contributed by atoms with Gasteiger partial charge in [-0.05, 0) is 30.3 Å².